The van der Waals surface area contributed by atoms with Crippen molar-refractivity contribution in [3.05, 3.63) is 75.0 Å². The predicted octanol–water partition coefficient (Wildman–Crippen LogP) is 6.09. The molecule has 2 aromatic carbocycles. The lowest BCUT2D eigenvalue weighted by atomic mass is 10.2. The number of hydrogen-bond acceptors (Lipinski definition) is 8. The summed E-state index contributed by atoms with van der Waals surface area (Å²) in [7, 11) is -2.62. The molecular formula is C23H19Cl2FN4O4S2. The lowest BCUT2D eigenvalue weighted by Gasteiger charge is -2.12. The normalized spacial score (nSPS) is 11.4. The van der Waals surface area contributed by atoms with Gasteiger partial charge in [-0.1, -0.05) is 46.7 Å². The molecule has 8 nitrogen and oxygen atoms in total. The summed E-state index contributed by atoms with van der Waals surface area (Å²) in [6.07, 6.45) is 1.37. The number of para-hydroxylation sites is 1. The number of nitrogens with one attached hydrogen (secondary N) is 2. The summed E-state index contributed by atoms with van der Waals surface area (Å²) in [5.74, 6) is -0.221. The summed E-state index contributed by atoms with van der Waals surface area (Å²) in [5, 5.41) is 13.1. The first kappa shape index (κ1) is 26.0. The molecule has 4 rings (SSSR count). The van der Waals surface area contributed by atoms with Crippen molar-refractivity contribution < 1.29 is 22.7 Å². The molecule has 0 saturated heterocycles. The molecule has 2 heterocycles. The molecule has 0 aliphatic rings. The molecule has 36 heavy (non-hydrogen) atoms. The zero-order chi connectivity index (χ0) is 26.0. The van der Waals surface area contributed by atoms with E-state index in [2.05, 4.69) is 20.0 Å². The Balaban J connectivity index is 1.51. The van der Waals surface area contributed by atoms with E-state index < -0.39 is 15.8 Å². The highest BCUT2D eigenvalue weighted by molar-refractivity contribution is 7.92. The number of halogens is 3. The lowest BCUT2D eigenvalue weighted by molar-refractivity contribution is 0.371. The number of phenolic OH excluding ortho intramolecular Hbond substituents is 1. The molecule has 2 aromatic heterocycles. The molecule has 3 N–H and O–H groups in total. The van der Waals surface area contributed by atoms with E-state index in [1.54, 1.807) is 31.2 Å². The van der Waals surface area contributed by atoms with Crippen LogP contribution in [0.5, 0.6) is 11.5 Å². The first-order valence-corrected chi connectivity index (χ1v) is 13.3. The predicted molar refractivity (Wildman–Crippen MR) is 139 cm³/mol. The Hall–Kier alpha value is -3.12. The van der Waals surface area contributed by atoms with Gasteiger partial charge >= 0.3 is 0 Å². The average molecular weight is 569 g/mol. The first-order chi connectivity index (χ1) is 17.1. The molecule has 0 aliphatic carbocycles. The summed E-state index contributed by atoms with van der Waals surface area (Å²) in [4.78, 5) is 8.34. The van der Waals surface area contributed by atoms with E-state index in [1.807, 2.05) is 0 Å². The van der Waals surface area contributed by atoms with Crippen molar-refractivity contribution in [2.45, 2.75) is 18.5 Å². The second kappa shape index (κ2) is 10.5. The second-order valence-corrected chi connectivity index (χ2v) is 11.1. The number of aromatic nitrogens is 2. The Labute approximate surface area is 220 Å². The zero-order valence-corrected chi connectivity index (χ0v) is 22.0. The van der Waals surface area contributed by atoms with Gasteiger partial charge in [0.05, 0.1) is 24.0 Å². The highest BCUT2D eigenvalue weighted by Crippen LogP contribution is 2.37. The number of anilines is 2. The number of aromatic hydroxyl groups is 1. The first-order valence-electron chi connectivity index (χ1n) is 10.3. The number of methoxy groups -OCH3 is 1. The minimum atomic E-state index is -4.09. The largest absolute Gasteiger partial charge is 0.504 e. The molecule has 4 aromatic rings. The standard InChI is InChI=1S/C23H19Cl2FN4O4S2/c1-12-8-15(27-10-14-4-3-5-18(34-2)20(14)31)11-28-22(12)36(32,33)30-23-29-19(21(25)35-23)13-6-7-17(26)16(24)9-13/h3-9,11,27,31H,10H2,1-2H3,(H,29,30). The van der Waals surface area contributed by atoms with Gasteiger partial charge < -0.3 is 15.2 Å². The number of phenols is 1. The van der Waals surface area contributed by atoms with Crippen LogP contribution in [0, 0.1) is 12.7 Å². The van der Waals surface area contributed by atoms with Crippen LogP contribution in [0.2, 0.25) is 9.36 Å². The van der Waals surface area contributed by atoms with E-state index in [0.29, 0.717) is 28.1 Å². The van der Waals surface area contributed by atoms with Gasteiger partial charge in [-0.05, 0) is 42.8 Å². The number of aryl methyl sites for hydroxylation is 1. The molecular weight excluding hydrogens is 550 g/mol. The Morgan fingerprint density at radius 2 is 1.97 bits per heavy atom. The summed E-state index contributed by atoms with van der Waals surface area (Å²) in [6.45, 7) is 1.87. The topological polar surface area (TPSA) is 113 Å². The van der Waals surface area contributed by atoms with E-state index in [9.17, 15) is 17.9 Å². The summed E-state index contributed by atoms with van der Waals surface area (Å²) in [6, 6.07) is 10.7. The molecule has 0 radical (unpaired) electrons. The quantitative estimate of drug-likeness (QED) is 0.236. The third-order valence-electron chi connectivity index (χ3n) is 5.07. The van der Waals surface area contributed by atoms with Gasteiger partial charge in [-0.25, -0.2) is 14.4 Å². The molecule has 0 aliphatic heterocycles. The van der Waals surface area contributed by atoms with Gasteiger partial charge in [0.15, 0.2) is 21.7 Å². The summed E-state index contributed by atoms with van der Waals surface area (Å²) >= 11 is 13.0. The molecule has 0 bridgehead atoms. The molecule has 0 unspecified atom stereocenters. The van der Waals surface area contributed by atoms with Crippen molar-refractivity contribution >= 4 is 55.4 Å². The van der Waals surface area contributed by atoms with E-state index in [4.69, 9.17) is 27.9 Å². The summed E-state index contributed by atoms with van der Waals surface area (Å²) < 4.78 is 47.2. The number of hydrogen-bond donors (Lipinski definition) is 3. The van der Waals surface area contributed by atoms with Crippen molar-refractivity contribution in [1.29, 1.82) is 0 Å². The van der Waals surface area contributed by atoms with Crippen LogP contribution >= 0.6 is 34.5 Å². The number of pyridine rings is 1. The number of rotatable bonds is 8. The Morgan fingerprint density at radius 3 is 2.67 bits per heavy atom. The van der Waals surface area contributed by atoms with Crippen LogP contribution in [-0.4, -0.2) is 30.6 Å². The maximum Gasteiger partial charge on any atom is 0.281 e. The highest BCUT2D eigenvalue weighted by Gasteiger charge is 2.22. The fourth-order valence-corrected chi connectivity index (χ4v) is 6.00. The van der Waals surface area contributed by atoms with Crippen molar-refractivity contribution in [2.24, 2.45) is 0 Å². The minimum absolute atomic E-state index is 0.0185. The highest BCUT2D eigenvalue weighted by atomic mass is 35.5. The van der Waals surface area contributed by atoms with Crippen molar-refractivity contribution in [3.63, 3.8) is 0 Å². The van der Waals surface area contributed by atoms with Gasteiger partial charge in [0.2, 0.25) is 0 Å². The minimum Gasteiger partial charge on any atom is -0.504 e. The van der Waals surface area contributed by atoms with E-state index >= 15 is 0 Å². The molecule has 188 valence electrons. The lowest BCUT2D eigenvalue weighted by Crippen LogP contribution is -2.16. The SMILES string of the molecule is COc1cccc(CNc2cnc(S(=O)(=O)Nc3nc(-c4ccc(F)c(Cl)c4)c(Cl)s3)c(C)c2)c1O. The third kappa shape index (κ3) is 5.49. The fraction of sp³-hybridized carbons (Fsp3) is 0.130. The number of ether oxygens (including phenoxy) is 1. The smallest absolute Gasteiger partial charge is 0.281 e. The number of benzene rings is 2. The van der Waals surface area contributed by atoms with Crippen LogP contribution in [0.4, 0.5) is 15.2 Å². The van der Waals surface area contributed by atoms with Crippen molar-refractivity contribution in [2.75, 3.05) is 17.1 Å². The molecule has 0 saturated carbocycles. The Kier molecular flexibility index (Phi) is 7.55. The van der Waals surface area contributed by atoms with E-state index in [0.717, 1.165) is 11.3 Å². The average Bonchev–Trinajstić information content (AvgIpc) is 3.19. The van der Waals surface area contributed by atoms with Crippen LogP contribution < -0.4 is 14.8 Å². The Morgan fingerprint density at radius 1 is 1.19 bits per heavy atom. The number of sulfonamides is 1. The van der Waals surface area contributed by atoms with Gasteiger partial charge in [-0.15, -0.1) is 0 Å². The van der Waals surface area contributed by atoms with Crippen LogP contribution in [-0.2, 0) is 16.6 Å². The Bertz CT molecular complexity index is 1550. The summed E-state index contributed by atoms with van der Waals surface area (Å²) in [5.41, 5.74) is 2.26. The maximum absolute atomic E-state index is 13.5. The number of thiazole rings is 1. The van der Waals surface area contributed by atoms with Gasteiger partial charge in [-0.2, -0.15) is 8.42 Å². The van der Waals surface area contributed by atoms with Gasteiger partial charge in [0.25, 0.3) is 10.0 Å². The fourth-order valence-electron chi connectivity index (χ4n) is 3.34. The third-order valence-corrected chi connectivity index (χ3v) is 8.06. The molecule has 0 spiro atoms. The monoisotopic (exact) mass is 568 g/mol. The molecule has 0 fully saturated rings. The van der Waals surface area contributed by atoms with Crippen molar-refractivity contribution in [3.8, 4) is 22.8 Å². The molecule has 0 atom stereocenters. The molecule has 13 heteroatoms. The number of nitrogens with zero attached hydrogens (tertiary/aromatic N) is 2. The van der Waals surface area contributed by atoms with Crippen LogP contribution in [0.25, 0.3) is 11.3 Å². The van der Waals surface area contributed by atoms with Crippen LogP contribution in [0.1, 0.15) is 11.1 Å². The molecule has 0 amide bonds. The van der Waals surface area contributed by atoms with Gasteiger partial charge in [0.1, 0.15) is 15.8 Å². The van der Waals surface area contributed by atoms with E-state index in [-0.39, 0.29) is 37.5 Å². The van der Waals surface area contributed by atoms with Gasteiger partial charge in [0, 0.05) is 17.7 Å². The van der Waals surface area contributed by atoms with Crippen LogP contribution in [0.15, 0.2) is 53.7 Å². The zero-order valence-electron chi connectivity index (χ0n) is 18.8. The van der Waals surface area contributed by atoms with E-state index in [1.165, 1.54) is 31.5 Å². The maximum atomic E-state index is 13.5. The second-order valence-electron chi connectivity index (χ2n) is 7.54. The van der Waals surface area contributed by atoms with Gasteiger partial charge in [-0.3, -0.25) is 4.72 Å². The van der Waals surface area contributed by atoms with Crippen molar-refractivity contribution in [1.82, 2.24) is 9.97 Å². The van der Waals surface area contributed by atoms with Crippen LogP contribution in [0.3, 0.4) is 0 Å².